The second-order valence-corrected chi connectivity index (χ2v) is 5.30. The lowest BCUT2D eigenvalue weighted by Gasteiger charge is -2.13. The van der Waals surface area contributed by atoms with Crippen molar-refractivity contribution in [2.75, 3.05) is 5.32 Å². The van der Waals surface area contributed by atoms with Gasteiger partial charge >= 0.3 is 0 Å². The first-order valence-corrected chi connectivity index (χ1v) is 6.94. The number of para-hydroxylation sites is 1. The van der Waals surface area contributed by atoms with Gasteiger partial charge in [-0.15, -0.1) is 0 Å². The zero-order chi connectivity index (χ0) is 14.5. The van der Waals surface area contributed by atoms with Crippen molar-refractivity contribution in [3.8, 4) is 5.75 Å². The molecule has 4 nitrogen and oxygen atoms in total. The Hall–Kier alpha value is -1.85. The Morgan fingerprint density at radius 2 is 1.85 bits per heavy atom. The molecule has 0 fully saturated rings. The van der Waals surface area contributed by atoms with Crippen LogP contribution < -0.4 is 11.1 Å². The van der Waals surface area contributed by atoms with Gasteiger partial charge < -0.3 is 16.2 Å². The number of nitrogens with two attached hydrogens (primary N) is 1. The van der Waals surface area contributed by atoms with Crippen LogP contribution in [-0.4, -0.2) is 17.1 Å². The van der Waals surface area contributed by atoms with Gasteiger partial charge in [0, 0.05) is 4.47 Å². The fraction of sp³-hybridized carbons (Fsp3) is 0.133. The quantitative estimate of drug-likeness (QED) is 0.804. The third-order valence-corrected chi connectivity index (χ3v) is 3.55. The maximum absolute atomic E-state index is 12.0. The minimum Gasteiger partial charge on any atom is -0.508 e. The van der Waals surface area contributed by atoms with E-state index in [4.69, 9.17) is 5.73 Å². The van der Waals surface area contributed by atoms with Gasteiger partial charge in [-0.25, -0.2) is 0 Å². The monoisotopic (exact) mass is 334 g/mol. The van der Waals surface area contributed by atoms with Crippen molar-refractivity contribution >= 4 is 27.5 Å². The highest BCUT2D eigenvalue weighted by atomic mass is 79.9. The zero-order valence-electron chi connectivity index (χ0n) is 10.7. The lowest BCUT2D eigenvalue weighted by molar-refractivity contribution is -0.117. The summed E-state index contributed by atoms with van der Waals surface area (Å²) < 4.78 is 0.810. The molecule has 0 heterocycles. The number of carbonyl (C=O) groups excluding carboxylic acids is 1. The number of hydrogen-bond acceptors (Lipinski definition) is 3. The Labute approximate surface area is 125 Å². The molecule has 2 aromatic rings. The average Bonchev–Trinajstić information content (AvgIpc) is 2.44. The smallest absolute Gasteiger partial charge is 0.241 e. The summed E-state index contributed by atoms with van der Waals surface area (Å²) in [5, 5.41) is 12.0. The van der Waals surface area contributed by atoms with Crippen molar-refractivity contribution in [1.29, 1.82) is 0 Å². The van der Waals surface area contributed by atoms with Crippen LogP contribution in [0, 0.1) is 0 Å². The molecule has 2 rings (SSSR count). The van der Waals surface area contributed by atoms with E-state index in [1.807, 2.05) is 18.2 Å². The molecule has 0 aliphatic heterocycles. The molecule has 1 amide bonds. The van der Waals surface area contributed by atoms with Gasteiger partial charge in [-0.1, -0.05) is 24.3 Å². The Kier molecular flexibility index (Phi) is 4.76. The summed E-state index contributed by atoms with van der Waals surface area (Å²) in [7, 11) is 0. The van der Waals surface area contributed by atoms with E-state index >= 15 is 0 Å². The number of benzene rings is 2. The topological polar surface area (TPSA) is 75.3 Å². The van der Waals surface area contributed by atoms with Gasteiger partial charge in [0.05, 0.1) is 11.7 Å². The number of carbonyl (C=O) groups is 1. The van der Waals surface area contributed by atoms with E-state index in [2.05, 4.69) is 21.2 Å². The molecule has 0 saturated carbocycles. The maximum atomic E-state index is 12.0. The van der Waals surface area contributed by atoms with Crippen molar-refractivity contribution in [1.82, 2.24) is 0 Å². The van der Waals surface area contributed by atoms with E-state index in [1.54, 1.807) is 30.3 Å². The molecule has 0 bridgehead atoms. The highest BCUT2D eigenvalue weighted by Crippen LogP contribution is 2.21. The summed E-state index contributed by atoms with van der Waals surface area (Å²) in [6.45, 7) is 0. The van der Waals surface area contributed by atoms with Crippen molar-refractivity contribution in [3.05, 3.63) is 58.6 Å². The van der Waals surface area contributed by atoms with Gasteiger partial charge in [0.2, 0.25) is 5.91 Å². The minimum atomic E-state index is -0.647. The molecule has 0 aliphatic carbocycles. The SMILES string of the molecule is N[C@H](Cc1ccc(O)cc1)C(=O)Nc1ccccc1Br. The second kappa shape index (κ2) is 6.54. The number of anilines is 1. The number of halogens is 1. The molecule has 0 unspecified atom stereocenters. The molecular weight excluding hydrogens is 320 g/mol. The average molecular weight is 335 g/mol. The Morgan fingerprint density at radius 3 is 2.50 bits per heavy atom. The third kappa shape index (κ3) is 3.82. The number of hydrogen-bond donors (Lipinski definition) is 3. The molecule has 0 saturated heterocycles. The van der Waals surface area contributed by atoms with Crippen LogP contribution in [0.1, 0.15) is 5.56 Å². The van der Waals surface area contributed by atoms with Gasteiger partial charge in [0.1, 0.15) is 5.75 Å². The molecule has 0 aliphatic rings. The highest BCUT2D eigenvalue weighted by Gasteiger charge is 2.15. The van der Waals surface area contributed by atoms with Crippen LogP contribution in [0.15, 0.2) is 53.0 Å². The van der Waals surface area contributed by atoms with Crippen molar-refractivity contribution < 1.29 is 9.90 Å². The summed E-state index contributed by atoms with van der Waals surface area (Å²) in [5.74, 6) is -0.0510. The largest absolute Gasteiger partial charge is 0.508 e. The van der Waals surface area contributed by atoms with Crippen molar-refractivity contribution in [2.24, 2.45) is 5.73 Å². The number of nitrogens with one attached hydrogen (secondary N) is 1. The predicted octanol–water partition coefficient (Wildman–Crippen LogP) is 2.66. The van der Waals surface area contributed by atoms with Crippen LogP contribution >= 0.6 is 15.9 Å². The van der Waals surface area contributed by atoms with E-state index in [1.165, 1.54) is 0 Å². The van der Waals surface area contributed by atoms with Crippen LogP contribution in [-0.2, 0) is 11.2 Å². The van der Waals surface area contributed by atoms with Crippen LogP contribution in [0.2, 0.25) is 0 Å². The fourth-order valence-corrected chi connectivity index (χ4v) is 2.15. The lowest BCUT2D eigenvalue weighted by Crippen LogP contribution is -2.37. The number of rotatable bonds is 4. The van der Waals surface area contributed by atoms with Gasteiger partial charge in [0.25, 0.3) is 0 Å². The van der Waals surface area contributed by atoms with E-state index < -0.39 is 6.04 Å². The van der Waals surface area contributed by atoms with Crippen LogP contribution in [0.25, 0.3) is 0 Å². The summed E-state index contributed by atoms with van der Waals surface area (Å²) >= 11 is 3.37. The number of amides is 1. The molecule has 5 heteroatoms. The molecule has 4 N–H and O–H groups in total. The van der Waals surface area contributed by atoms with Gasteiger partial charge in [-0.2, -0.15) is 0 Å². The molecule has 104 valence electrons. The summed E-state index contributed by atoms with van der Waals surface area (Å²) in [6, 6.07) is 13.4. The maximum Gasteiger partial charge on any atom is 0.241 e. The van der Waals surface area contributed by atoms with Gasteiger partial charge in [-0.05, 0) is 52.2 Å². The minimum absolute atomic E-state index is 0.194. The van der Waals surface area contributed by atoms with Crippen molar-refractivity contribution in [2.45, 2.75) is 12.5 Å². The van der Waals surface area contributed by atoms with Crippen LogP contribution in [0.4, 0.5) is 5.69 Å². The second-order valence-electron chi connectivity index (χ2n) is 4.45. The molecule has 0 radical (unpaired) electrons. The predicted molar refractivity (Wildman–Crippen MR) is 82.6 cm³/mol. The van der Waals surface area contributed by atoms with Gasteiger partial charge in [-0.3, -0.25) is 4.79 Å². The van der Waals surface area contributed by atoms with E-state index in [0.717, 1.165) is 10.0 Å². The normalized spacial score (nSPS) is 11.9. The van der Waals surface area contributed by atoms with Crippen LogP contribution in [0.5, 0.6) is 5.75 Å². The Morgan fingerprint density at radius 1 is 1.20 bits per heavy atom. The standard InChI is InChI=1S/C15H15BrN2O2/c16-12-3-1-2-4-14(12)18-15(20)13(17)9-10-5-7-11(19)8-6-10/h1-8,13,19H,9,17H2,(H,18,20)/t13-/m1/s1. The molecular formula is C15H15BrN2O2. The Bertz CT molecular complexity index is 599. The first-order valence-electron chi connectivity index (χ1n) is 6.15. The zero-order valence-corrected chi connectivity index (χ0v) is 12.3. The first-order chi connectivity index (χ1) is 9.56. The number of aromatic hydroxyl groups is 1. The first kappa shape index (κ1) is 14.6. The van der Waals surface area contributed by atoms with Gasteiger partial charge in [0.15, 0.2) is 0 Å². The summed E-state index contributed by atoms with van der Waals surface area (Å²) in [4.78, 5) is 12.0. The summed E-state index contributed by atoms with van der Waals surface area (Å²) in [6.07, 6.45) is 0.413. The third-order valence-electron chi connectivity index (χ3n) is 2.86. The van der Waals surface area contributed by atoms with E-state index in [0.29, 0.717) is 12.1 Å². The Balaban J connectivity index is 1.99. The summed E-state index contributed by atoms with van der Waals surface area (Å²) in [5.41, 5.74) is 7.49. The molecule has 2 aromatic carbocycles. The lowest BCUT2D eigenvalue weighted by atomic mass is 10.1. The fourth-order valence-electron chi connectivity index (χ4n) is 1.77. The van der Waals surface area contributed by atoms with E-state index in [-0.39, 0.29) is 11.7 Å². The van der Waals surface area contributed by atoms with Crippen LogP contribution in [0.3, 0.4) is 0 Å². The molecule has 20 heavy (non-hydrogen) atoms. The molecule has 0 aromatic heterocycles. The number of phenols is 1. The van der Waals surface area contributed by atoms with Crippen molar-refractivity contribution in [3.63, 3.8) is 0 Å². The van der Waals surface area contributed by atoms with E-state index in [9.17, 15) is 9.90 Å². The highest BCUT2D eigenvalue weighted by molar-refractivity contribution is 9.10. The number of phenolic OH excluding ortho intramolecular Hbond substituents is 1. The molecule has 1 atom stereocenters. The molecule has 0 spiro atoms.